The first-order valence-corrected chi connectivity index (χ1v) is 8.18. The van der Waals surface area contributed by atoms with E-state index < -0.39 is 0 Å². The highest BCUT2D eigenvalue weighted by Crippen LogP contribution is 2.35. The Morgan fingerprint density at radius 2 is 2.29 bits per heavy atom. The summed E-state index contributed by atoms with van der Waals surface area (Å²) >= 11 is 7.32. The summed E-state index contributed by atoms with van der Waals surface area (Å²) in [6.45, 7) is 0.588. The van der Waals surface area contributed by atoms with Gasteiger partial charge in [0.1, 0.15) is 4.88 Å². The van der Waals surface area contributed by atoms with Crippen molar-refractivity contribution in [1.82, 2.24) is 5.32 Å². The van der Waals surface area contributed by atoms with Crippen LogP contribution < -0.4 is 11.1 Å². The minimum absolute atomic E-state index is 0.147. The number of halogens is 1. The lowest BCUT2D eigenvalue weighted by atomic mass is 10.1. The highest BCUT2D eigenvalue weighted by molar-refractivity contribution is 7.21. The van der Waals surface area contributed by atoms with Gasteiger partial charge in [0.25, 0.3) is 5.91 Å². The largest absolute Gasteiger partial charge is 0.397 e. The van der Waals surface area contributed by atoms with Crippen LogP contribution in [0.4, 0.5) is 5.69 Å². The Morgan fingerprint density at radius 1 is 1.48 bits per heavy atom. The Kier molecular flexibility index (Phi) is 4.06. The Bertz CT molecular complexity index is 686. The van der Waals surface area contributed by atoms with Crippen molar-refractivity contribution in [1.29, 1.82) is 0 Å². The van der Waals surface area contributed by atoms with Crippen molar-refractivity contribution in [2.24, 2.45) is 5.92 Å². The van der Waals surface area contributed by atoms with Crippen molar-refractivity contribution >= 4 is 44.6 Å². The third kappa shape index (κ3) is 3.00. The van der Waals surface area contributed by atoms with E-state index in [9.17, 15) is 9.90 Å². The molecule has 4 N–H and O–H groups in total. The first kappa shape index (κ1) is 14.6. The van der Waals surface area contributed by atoms with E-state index in [1.165, 1.54) is 11.3 Å². The number of fused-ring (bicyclic) bond motifs is 1. The predicted octanol–water partition coefficient (Wildman–Crippen LogP) is 3.03. The van der Waals surface area contributed by atoms with E-state index in [0.717, 1.165) is 29.3 Å². The summed E-state index contributed by atoms with van der Waals surface area (Å²) in [5, 5.41) is 13.9. The smallest absolute Gasteiger partial charge is 0.263 e. The number of amides is 1. The van der Waals surface area contributed by atoms with E-state index in [-0.39, 0.29) is 12.0 Å². The molecule has 2 aromatic rings. The van der Waals surface area contributed by atoms with Crippen molar-refractivity contribution in [3.63, 3.8) is 0 Å². The number of rotatable bonds is 3. The third-order valence-electron chi connectivity index (χ3n) is 3.96. The van der Waals surface area contributed by atoms with E-state index in [1.807, 2.05) is 12.1 Å². The van der Waals surface area contributed by atoms with Gasteiger partial charge in [-0.25, -0.2) is 0 Å². The Balaban J connectivity index is 1.74. The second-order valence-electron chi connectivity index (χ2n) is 5.53. The molecule has 2 atom stereocenters. The van der Waals surface area contributed by atoms with Crippen molar-refractivity contribution < 1.29 is 9.90 Å². The monoisotopic (exact) mass is 324 g/mol. The van der Waals surface area contributed by atoms with Gasteiger partial charge in [-0.3, -0.25) is 4.79 Å². The van der Waals surface area contributed by atoms with E-state index in [4.69, 9.17) is 17.3 Å². The number of nitrogens with one attached hydrogen (secondary N) is 1. The lowest BCUT2D eigenvalue weighted by Crippen LogP contribution is -2.28. The second kappa shape index (κ2) is 5.83. The van der Waals surface area contributed by atoms with Gasteiger partial charge in [0.2, 0.25) is 0 Å². The summed E-state index contributed by atoms with van der Waals surface area (Å²) in [6, 6.07) is 5.43. The molecule has 21 heavy (non-hydrogen) atoms. The first-order chi connectivity index (χ1) is 10.0. The van der Waals surface area contributed by atoms with Gasteiger partial charge >= 0.3 is 0 Å². The zero-order chi connectivity index (χ0) is 15.0. The lowest BCUT2D eigenvalue weighted by molar-refractivity contribution is 0.0950. The molecule has 112 valence electrons. The molecule has 1 amide bonds. The van der Waals surface area contributed by atoms with E-state index in [2.05, 4.69) is 5.32 Å². The minimum Gasteiger partial charge on any atom is -0.397 e. The van der Waals surface area contributed by atoms with Gasteiger partial charge in [0.05, 0.1) is 11.8 Å². The number of anilines is 1. The molecule has 0 radical (unpaired) electrons. The van der Waals surface area contributed by atoms with Gasteiger partial charge in [-0.15, -0.1) is 11.3 Å². The molecule has 1 aliphatic carbocycles. The van der Waals surface area contributed by atoms with Crippen LogP contribution in [-0.2, 0) is 0 Å². The molecular weight excluding hydrogens is 308 g/mol. The van der Waals surface area contributed by atoms with Crippen molar-refractivity contribution in [3.8, 4) is 0 Å². The fourth-order valence-corrected chi connectivity index (χ4v) is 4.13. The molecule has 0 spiro atoms. The molecule has 1 aliphatic rings. The molecule has 1 heterocycles. The number of hydrogen-bond donors (Lipinski definition) is 3. The maximum atomic E-state index is 12.3. The zero-order valence-corrected chi connectivity index (χ0v) is 13.0. The van der Waals surface area contributed by atoms with Crippen molar-refractivity contribution in [3.05, 3.63) is 28.1 Å². The maximum absolute atomic E-state index is 12.3. The summed E-state index contributed by atoms with van der Waals surface area (Å²) in [7, 11) is 0. The summed E-state index contributed by atoms with van der Waals surface area (Å²) in [4.78, 5) is 12.8. The molecule has 6 heteroatoms. The van der Waals surface area contributed by atoms with Crippen LogP contribution in [-0.4, -0.2) is 23.7 Å². The summed E-state index contributed by atoms with van der Waals surface area (Å²) < 4.78 is 0.918. The quantitative estimate of drug-likeness (QED) is 0.812. The maximum Gasteiger partial charge on any atom is 0.263 e. The van der Waals surface area contributed by atoms with Crippen LogP contribution in [0.15, 0.2) is 18.2 Å². The van der Waals surface area contributed by atoms with Gasteiger partial charge in [-0.2, -0.15) is 0 Å². The standard InChI is InChI=1S/C15H17ClN2O2S/c16-9-2-4-11-12(6-9)21-14(13(11)17)15(20)18-7-8-1-3-10(19)5-8/h2,4,6,8,10,19H,1,3,5,7,17H2,(H,18,20). The number of hydrogen-bond acceptors (Lipinski definition) is 4. The highest BCUT2D eigenvalue weighted by Gasteiger charge is 2.24. The fourth-order valence-electron chi connectivity index (χ4n) is 2.81. The average Bonchev–Trinajstić information content (AvgIpc) is 3.00. The summed E-state index contributed by atoms with van der Waals surface area (Å²) in [5.41, 5.74) is 6.57. The van der Waals surface area contributed by atoms with E-state index in [1.54, 1.807) is 6.07 Å². The third-order valence-corrected chi connectivity index (χ3v) is 5.36. The molecule has 4 nitrogen and oxygen atoms in total. The van der Waals surface area contributed by atoms with Crippen LogP contribution in [0, 0.1) is 5.92 Å². The number of benzene rings is 1. The second-order valence-corrected chi connectivity index (χ2v) is 7.02. The van der Waals surface area contributed by atoms with Gasteiger partial charge in [0.15, 0.2) is 0 Å². The molecule has 1 saturated carbocycles. The normalized spacial score (nSPS) is 21.8. The number of aliphatic hydroxyl groups is 1. The van der Waals surface area contributed by atoms with Crippen LogP contribution in [0.1, 0.15) is 28.9 Å². The molecule has 0 bridgehead atoms. The predicted molar refractivity (Wildman–Crippen MR) is 86.9 cm³/mol. The van der Waals surface area contributed by atoms with Crippen LogP contribution >= 0.6 is 22.9 Å². The number of thiophene rings is 1. The Hall–Kier alpha value is -1.30. The fraction of sp³-hybridized carbons (Fsp3) is 0.400. The number of nitrogens with two attached hydrogens (primary N) is 1. The number of nitrogen functional groups attached to an aromatic ring is 1. The zero-order valence-electron chi connectivity index (χ0n) is 11.4. The number of aliphatic hydroxyl groups excluding tert-OH is 1. The molecule has 3 rings (SSSR count). The average molecular weight is 325 g/mol. The van der Waals surface area contributed by atoms with Crippen molar-refractivity contribution in [2.75, 3.05) is 12.3 Å². The number of carbonyl (C=O) groups excluding carboxylic acids is 1. The van der Waals surface area contributed by atoms with Gasteiger partial charge in [-0.1, -0.05) is 11.6 Å². The summed E-state index contributed by atoms with van der Waals surface area (Å²) in [6.07, 6.45) is 2.32. The molecule has 1 aromatic heterocycles. The minimum atomic E-state index is -0.219. The molecule has 1 fully saturated rings. The lowest BCUT2D eigenvalue weighted by Gasteiger charge is -2.10. The molecular formula is C15H17ClN2O2S. The molecule has 0 aliphatic heterocycles. The van der Waals surface area contributed by atoms with Crippen LogP contribution in [0.2, 0.25) is 5.02 Å². The number of carbonyl (C=O) groups is 1. The molecule has 2 unspecified atom stereocenters. The Labute approximate surface area is 131 Å². The topological polar surface area (TPSA) is 75.4 Å². The van der Waals surface area contributed by atoms with Crippen LogP contribution in [0.5, 0.6) is 0 Å². The SMILES string of the molecule is Nc1c(C(=O)NCC2CCC(O)C2)sc2cc(Cl)ccc12. The van der Waals surface area contributed by atoms with Gasteiger partial charge < -0.3 is 16.2 Å². The molecule has 1 aromatic carbocycles. The van der Waals surface area contributed by atoms with Gasteiger partial charge in [0, 0.05) is 21.7 Å². The van der Waals surface area contributed by atoms with Crippen molar-refractivity contribution in [2.45, 2.75) is 25.4 Å². The highest BCUT2D eigenvalue weighted by atomic mass is 35.5. The van der Waals surface area contributed by atoms with E-state index >= 15 is 0 Å². The van der Waals surface area contributed by atoms with Crippen LogP contribution in [0.25, 0.3) is 10.1 Å². The van der Waals surface area contributed by atoms with Gasteiger partial charge in [-0.05, 0) is 43.4 Å². The Morgan fingerprint density at radius 3 is 3.00 bits per heavy atom. The van der Waals surface area contributed by atoms with E-state index in [0.29, 0.717) is 28.0 Å². The molecule has 0 saturated heterocycles. The first-order valence-electron chi connectivity index (χ1n) is 6.98. The summed E-state index contributed by atoms with van der Waals surface area (Å²) in [5.74, 6) is 0.209. The van der Waals surface area contributed by atoms with Crippen LogP contribution in [0.3, 0.4) is 0 Å².